The van der Waals surface area contributed by atoms with Gasteiger partial charge >= 0.3 is 0 Å². The van der Waals surface area contributed by atoms with Crippen molar-refractivity contribution in [1.29, 1.82) is 0 Å². The lowest BCUT2D eigenvalue weighted by atomic mass is 9.53. The van der Waals surface area contributed by atoms with Crippen molar-refractivity contribution in [2.45, 2.75) is 89.0 Å². The van der Waals surface area contributed by atoms with Gasteiger partial charge in [0.15, 0.2) is 0 Å². The molecule has 20 heavy (non-hydrogen) atoms. The van der Waals surface area contributed by atoms with E-state index in [4.69, 9.17) is 0 Å². The van der Waals surface area contributed by atoms with Crippen molar-refractivity contribution < 1.29 is 0 Å². The maximum Gasteiger partial charge on any atom is -0.0272 e. The van der Waals surface area contributed by atoms with Crippen LogP contribution in [0, 0.1) is 40.4 Å². The first-order chi connectivity index (χ1) is 8.91. The summed E-state index contributed by atoms with van der Waals surface area (Å²) in [6.45, 7) is 26.8. The summed E-state index contributed by atoms with van der Waals surface area (Å²) < 4.78 is 0. The summed E-state index contributed by atoms with van der Waals surface area (Å²) in [6, 6.07) is 0. The normalized spacial score (nSPS) is 19.8. The van der Waals surface area contributed by atoms with E-state index in [2.05, 4.69) is 76.2 Å². The third-order valence-corrected chi connectivity index (χ3v) is 6.59. The van der Waals surface area contributed by atoms with E-state index in [9.17, 15) is 0 Å². The highest BCUT2D eigenvalue weighted by Crippen LogP contribution is 2.52. The van der Waals surface area contributed by atoms with E-state index in [0.29, 0.717) is 10.8 Å². The summed E-state index contributed by atoms with van der Waals surface area (Å²) in [5, 5.41) is 0. The molecule has 4 atom stereocenters. The van der Waals surface area contributed by atoms with Crippen LogP contribution in [0.1, 0.15) is 89.0 Å². The Morgan fingerprint density at radius 3 is 1.45 bits per heavy atom. The number of hydrogen-bond donors (Lipinski definition) is 0. The predicted octanol–water partition coefficient (Wildman–Crippen LogP) is 7.04. The maximum atomic E-state index is 2.53. The summed E-state index contributed by atoms with van der Waals surface area (Å²) in [5.74, 6) is 4.02. The van der Waals surface area contributed by atoms with Crippen molar-refractivity contribution in [3.05, 3.63) is 0 Å². The van der Waals surface area contributed by atoms with Crippen LogP contribution in [0.25, 0.3) is 0 Å². The van der Waals surface area contributed by atoms with Crippen molar-refractivity contribution in [3.8, 4) is 0 Å². The Bertz CT molecular complexity index is 266. The van der Waals surface area contributed by atoms with Gasteiger partial charge in [0, 0.05) is 0 Å². The lowest BCUT2D eigenvalue weighted by Gasteiger charge is -2.52. The summed E-state index contributed by atoms with van der Waals surface area (Å²) in [7, 11) is 0. The zero-order valence-electron chi connectivity index (χ0n) is 16.3. The minimum Gasteiger partial charge on any atom is -0.0651 e. The van der Waals surface area contributed by atoms with E-state index in [1.807, 2.05) is 0 Å². The zero-order chi connectivity index (χ0) is 16.3. The molecule has 0 rings (SSSR count). The van der Waals surface area contributed by atoms with E-state index in [1.165, 1.54) is 12.8 Å². The Morgan fingerprint density at radius 1 is 0.750 bits per heavy atom. The van der Waals surface area contributed by atoms with E-state index in [-0.39, 0.29) is 0 Å². The lowest BCUT2D eigenvalue weighted by molar-refractivity contribution is -0.0328. The molecule has 0 heterocycles. The quantitative estimate of drug-likeness (QED) is 0.470. The van der Waals surface area contributed by atoms with E-state index >= 15 is 0 Å². The molecule has 0 fully saturated rings. The molecule has 0 saturated heterocycles. The topological polar surface area (TPSA) is 0 Å². The van der Waals surface area contributed by atoms with Crippen LogP contribution in [0.15, 0.2) is 0 Å². The molecular formula is C20H42. The first kappa shape index (κ1) is 20.0. The molecule has 0 aromatic heterocycles. The fourth-order valence-corrected chi connectivity index (χ4v) is 4.36. The molecule has 122 valence electrons. The molecule has 0 aromatic rings. The van der Waals surface area contributed by atoms with Crippen molar-refractivity contribution in [2.75, 3.05) is 0 Å². The Morgan fingerprint density at radius 2 is 1.20 bits per heavy atom. The van der Waals surface area contributed by atoms with Crippen molar-refractivity contribution in [3.63, 3.8) is 0 Å². The molecule has 0 N–H and O–H groups in total. The largest absolute Gasteiger partial charge is 0.0651 e. The van der Waals surface area contributed by atoms with E-state index in [0.717, 1.165) is 29.6 Å². The average molecular weight is 283 g/mol. The molecule has 4 unspecified atom stereocenters. The minimum atomic E-state index is 0.352. The molecule has 0 heteroatoms. The molecule has 0 bridgehead atoms. The smallest absolute Gasteiger partial charge is 0.0272 e. The fourth-order valence-electron chi connectivity index (χ4n) is 4.36. The first-order valence-electron chi connectivity index (χ1n) is 8.91. The van der Waals surface area contributed by atoms with Crippen LogP contribution in [0.5, 0.6) is 0 Å². The van der Waals surface area contributed by atoms with Gasteiger partial charge in [-0.1, -0.05) is 89.0 Å². The SMILES string of the molecule is CCC(C)C(C(C)C(CC)C(C)C)C(C)(C)C(C)(C)C. The molecule has 0 radical (unpaired) electrons. The second kappa shape index (κ2) is 7.32. The van der Waals surface area contributed by atoms with Crippen LogP contribution in [0.3, 0.4) is 0 Å². The van der Waals surface area contributed by atoms with Gasteiger partial charge in [0.2, 0.25) is 0 Å². The summed E-state index contributed by atoms with van der Waals surface area (Å²) in [4.78, 5) is 0. The molecule has 0 aliphatic carbocycles. The van der Waals surface area contributed by atoms with Gasteiger partial charge < -0.3 is 0 Å². The third kappa shape index (κ3) is 4.25. The number of hydrogen-bond acceptors (Lipinski definition) is 0. The molecule has 0 spiro atoms. The van der Waals surface area contributed by atoms with Gasteiger partial charge in [-0.25, -0.2) is 0 Å². The van der Waals surface area contributed by atoms with Crippen LogP contribution in [0.4, 0.5) is 0 Å². The predicted molar refractivity (Wildman–Crippen MR) is 94.0 cm³/mol. The minimum absolute atomic E-state index is 0.352. The van der Waals surface area contributed by atoms with E-state index < -0.39 is 0 Å². The second-order valence-corrected chi connectivity index (χ2v) is 9.06. The van der Waals surface area contributed by atoms with Crippen LogP contribution < -0.4 is 0 Å². The monoisotopic (exact) mass is 282 g/mol. The van der Waals surface area contributed by atoms with Gasteiger partial charge in [0.25, 0.3) is 0 Å². The Kier molecular flexibility index (Phi) is 7.32. The highest BCUT2D eigenvalue weighted by molar-refractivity contribution is 4.94. The van der Waals surface area contributed by atoms with Crippen molar-refractivity contribution >= 4 is 0 Å². The summed E-state index contributed by atoms with van der Waals surface area (Å²) >= 11 is 0. The molecule has 0 aliphatic heterocycles. The highest BCUT2D eigenvalue weighted by Gasteiger charge is 2.45. The molecular weight excluding hydrogens is 240 g/mol. The Hall–Kier alpha value is 0. The van der Waals surface area contributed by atoms with Crippen LogP contribution in [0.2, 0.25) is 0 Å². The van der Waals surface area contributed by atoms with Crippen molar-refractivity contribution in [2.24, 2.45) is 40.4 Å². The van der Waals surface area contributed by atoms with E-state index in [1.54, 1.807) is 0 Å². The van der Waals surface area contributed by atoms with Crippen LogP contribution >= 0.6 is 0 Å². The van der Waals surface area contributed by atoms with Crippen LogP contribution in [-0.4, -0.2) is 0 Å². The Labute approximate surface area is 130 Å². The van der Waals surface area contributed by atoms with Gasteiger partial charge in [-0.05, 0) is 40.4 Å². The first-order valence-corrected chi connectivity index (χ1v) is 8.91. The van der Waals surface area contributed by atoms with Gasteiger partial charge in [-0.3, -0.25) is 0 Å². The zero-order valence-corrected chi connectivity index (χ0v) is 16.3. The lowest BCUT2D eigenvalue weighted by Crippen LogP contribution is -2.45. The van der Waals surface area contributed by atoms with Crippen LogP contribution in [-0.2, 0) is 0 Å². The maximum absolute atomic E-state index is 2.53. The number of rotatable bonds is 7. The molecule has 0 nitrogen and oxygen atoms in total. The van der Waals surface area contributed by atoms with Crippen molar-refractivity contribution in [1.82, 2.24) is 0 Å². The fraction of sp³-hybridized carbons (Fsp3) is 1.00. The van der Waals surface area contributed by atoms with Gasteiger partial charge in [-0.15, -0.1) is 0 Å². The molecule has 0 saturated carbocycles. The van der Waals surface area contributed by atoms with Gasteiger partial charge in [0.1, 0.15) is 0 Å². The van der Waals surface area contributed by atoms with Gasteiger partial charge in [-0.2, -0.15) is 0 Å². The molecule has 0 aliphatic rings. The van der Waals surface area contributed by atoms with Gasteiger partial charge in [0.05, 0.1) is 0 Å². The standard InChI is InChI=1S/C20H42/c1-12-15(5)18(20(10,11)19(7,8)9)16(6)17(13-2)14(3)4/h14-18H,12-13H2,1-11H3. The third-order valence-electron chi connectivity index (χ3n) is 6.59. The molecule has 0 aromatic carbocycles. The second-order valence-electron chi connectivity index (χ2n) is 9.06. The molecule has 0 amide bonds. The summed E-state index contributed by atoms with van der Waals surface area (Å²) in [5.41, 5.74) is 0.717. The Balaban J connectivity index is 5.58. The highest BCUT2D eigenvalue weighted by atomic mass is 14.5. The average Bonchev–Trinajstić information content (AvgIpc) is 2.27. The summed E-state index contributed by atoms with van der Waals surface area (Å²) in [6.07, 6.45) is 2.61.